The van der Waals surface area contributed by atoms with Crippen molar-refractivity contribution in [2.75, 3.05) is 13.1 Å². The second kappa shape index (κ2) is 7.93. The molecule has 0 bridgehead atoms. The summed E-state index contributed by atoms with van der Waals surface area (Å²) in [7, 11) is 0. The van der Waals surface area contributed by atoms with Gasteiger partial charge >= 0.3 is 0 Å². The van der Waals surface area contributed by atoms with Crippen molar-refractivity contribution < 1.29 is 14.4 Å². The van der Waals surface area contributed by atoms with E-state index in [9.17, 15) is 14.4 Å². The number of nitrogens with one attached hydrogen (secondary N) is 2. The molecule has 6 nitrogen and oxygen atoms in total. The first kappa shape index (κ1) is 17.6. The molecular weight excluding hydrogens is 258 g/mol. The number of carbonyl (C=O) groups excluding carboxylic acids is 3. The molecule has 0 saturated carbocycles. The van der Waals surface area contributed by atoms with Gasteiger partial charge in [-0.2, -0.15) is 0 Å². The van der Waals surface area contributed by atoms with Crippen LogP contribution in [0.1, 0.15) is 20.8 Å². The second-order valence-corrected chi connectivity index (χ2v) is 4.49. The summed E-state index contributed by atoms with van der Waals surface area (Å²) in [6, 6.07) is 0. The van der Waals surface area contributed by atoms with Crippen LogP contribution in [0.2, 0.25) is 0 Å². The quantitative estimate of drug-likeness (QED) is 0.554. The fourth-order valence-electron chi connectivity index (χ4n) is 1.09. The van der Waals surface area contributed by atoms with Crippen molar-refractivity contribution in [3.05, 3.63) is 36.5 Å². The Labute approximate surface area is 119 Å². The molecule has 0 heterocycles. The van der Waals surface area contributed by atoms with Gasteiger partial charge in [0.05, 0.1) is 6.54 Å². The topological polar surface area (TPSA) is 78.5 Å². The molecule has 0 fully saturated rings. The zero-order chi connectivity index (χ0) is 15.9. The van der Waals surface area contributed by atoms with Crippen molar-refractivity contribution in [1.29, 1.82) is 0 Å². The second-order valence-electron chi connectivity index (χ2n) is 4.49. The van der Waals surface area contributed by atoms with Gasteiger partial charge in [-0.1, -0.05) is 19.7 Å². The first-order valence-corrected chi connectivity index (χ1v) is 6.04. The van der Waals surface area contributed by atoms with Crippen molar-refractivity contribution in [2.24, 2.45) is 0 Å². The Morgan fingerprint density at radius 2 is 1.40 bits per heavy atom. The summed E-state index contributed by atoms with van der Waals surface area (Å²) < 4.78 is 0. The molecule has 0 radical (unpaired) electrons. The standard InChI is InChI=1S/C14H21N3O3/c1-9(2)12(18)15-7-8-17(14(20)11(5)6)16-13(19)10(3)4/h1,3,5,7-8H2,2,4,6H3,(H,15,18)(H,16,19). The highest BCUT2D eigenvalue weighted by Crippen LogP contribution is 1.97. The van der Waals surface area contributed by atoms with E-state index in [0.717, 1.165) is 5.01 Å². The molecule has 110 valence electrons. The number of amides is 3. The number of rotatable bonds is 6. The SMILES string of the molecule is C=C(C)C(=O)NCCN(NC(=O)C(=C)C)C(=O)C(=C)C. The summed E-state index contributed by atoms with van der Waals surface area (Å²) in [6.45, 7) is 15.5. The summed E-state index contributed by atoms with van der Waals surface area (Å²) in [5, 5.41) is 3.67. The van der Waals surface area contributed by atoms with Crippen molar-refractivity contribution in [3.63, 3.8) is 0 Å². The van der Waals surface area contributed by atoms with E-state index in [-0.39, 0.29) is 30.1 Å². The van der Waals surface area contributed by atoms with Gasteiger partial charge < -0.3 is 5.32 Å². The van der Waals surface area contributed by atoms with E-state index in [1.807, 2.05) is 0 Å². The smallest absolute Gasteiger partial charge is 0.267 e. The number of hydrogen-bond donors (Lipinski definition) is 2. The van der Waals surface area contributed by atoms with Crippen LogP contribution < -0.4 is 10.7 Å². The maximum absolute atomic E-state index is 11.9. The lowest BCUT2D eigenvalue weighted by Gasteiger charge is -2.23. The first-order valence-electron chi connectivity index (χ1n) is 6.04. The molecule has 3 amide bonds. The van der Waals surface area contributed by atoms with Gasteiger partial charge in [0.2, 0.25) is 5.91 Å². The summed E-state index contributed by atoms with van der Waals surface area (Å²) in [4.78, 5) is 34.7. The predicted molar refractivity (Wildman–Crippen MR) is 77.3 cm³/mol. The third kappa shape index (κ3) is 5.99. The fraction of sp³-hybridized carbons (Fsp3) is 0.357. The van der Waals surface area contributed by atoms with Gasteiger partial charge in [0.15, 0.2) is 0 Å². The number of carbonyl (C=O) groups is 3. The predicted octanol–water partition coefficient (Wildman–Crippen LogP) is 0.691. The van der Waals surface area contributed by atoms with Crippen LogP contribution in [-0.4, -0.2) is 35.8 Å². The molecule has 0 aliphatic carbocycles. The molecule has 0 aliphatic rings. The van der Waals surface area contributed by atoms with E-state index in [0.29, 0.717) is 5.57 Å². The molecule has 20 heavy (non-hydrogen) atoms. The Hall–Kier alpha value is -2.37. The van der Waals surface area contributed by atoms with Crippen LogP contribution in [0, 0.1) is 0 Å². The lowest BCUT2D eigenvalue weighted by atomic mass is 10.3. The highest BCUT2D eigenvalue weighted by molar-refractivity contribution is 5.97. The van der Waals surface area contributed by atoms with Gasteiger partial charge in [0.1, 0.15) is 0 Å². The van der Waals surface area contributed by atoms with Crippen LogP contribution in [0.5, 0.6) is 0 Å². The normalized spacial score (nSPS) is 9.35. The average molecular weight is 279 g/mol. The largest absolute Gasteiger partial charge is 0.350 e. The maximum Gasteiger partial charge on any atom is 0.267 e. The van der Waals surface area contributed by atoms with Crippen LogP contribution in [0.25, 0.3) is 0 Å². The van der Waals surface area contributed by atoms with Crippen LogP contribution >= 0.6 is 0 Å². The van der Waals surface area contributed by atoms with E-state index >= 15 is 0 Å². The zero-order valence-electron chi connectivity index (χ0n) is 12.2. The Balaban J connectivity index is 4.63. The van der Waals surface area contributed by atoms with Crippen LogP contribution in [-0.2, 0) is 14.4 Å². The molecule has 0 aliphatic heterocycles. The minimum Gasteiger partial charge on any atom is -0.350 e. The van der Waals surface area contributed by atoms with Gasteiger partial charge in [0.25, 0.3) is 11.8 Å². The van der Waals surface area contributed by atoms with Gasteiger partial charge in [0, 0.05) is 23.3 Å². The highest BCUT2D eigenvalue weighted by atomic mass is 16.2. The third-order valence-electron chi connectivity index (χ3n) is 2.24. The molecule has 0 saturated heterocycles. The van der Waals surface area contributed by atoms with E-state index < -0.39 is 11.8 Å². The Bertz CT molecular complexity index is 466. The number of hydrazine groups is 1. The summed E-state index contributed by atoms with van der Waals surface area (Å²) in [5.74, 6) is -1.20. The van der Waals surface area contributed by atoms with Crippen molar-refractivity contribution >= 4 is 17.7 Å². The van der Waals surface area contributed by atoms with E-state index in [4.69, 9.17) is 0 Å². The maximum atomic E-state index is 11.9. The lowest BCUT2D eigenvalue weighted by molar-refractivity contribution is -0.137. The number of nitrogens with zero attached hydrogens (tertiary/aromatic N) is 1. The molecule has 0 aromatic heterocycles. The molecule has 0 aromatic rings. The zero-order valence-corrected chi connectivity index (χ0v) is 12.2. The van der Waals surface area contributed by atoms with E-state index in [1.165, 1.54) is 13.8 Å². The van der Waals surface area contributed by atoms with Crippen LogP contribution in [0.15, 0.2) is 36.5 Å². The Kier molecular flexibility index (Phi) is 6.99. The molecule has 2 N–H and O–H groups in total. The van der Waals surface area contributed by atoms with Crippen molar-refractivity contribution in [3.8, 4) is 0 Å². The van der Waals surface area contributed by atoms with Gasteiger partial charge in [-0.3, -0.25) is 19.8 Å². The Morgan fingerprint density at radius 1 is 0.900 bits per heavy atom. The third-order valence-corrected chi connectivity index (χ3v) is 2.24. The van der Waals surface area contributed by atoms with E-state index in [1.54, 1.807) is 6.92 Å². The van der Waals surface area contributed by atoms with Crippen LogP contribution in [0.3, 0.4) is 0 Å². The monoisotopic (exact) mass is 279 g/mol. The number of hydrogen-bond acceptors (Lipinski definition) is 3. The molecule has 6 heteroatoms. The molecule has 0 spiro atoms. The van der Waals surface area contributed by atoms with Crippen molar-refractivity contribution in [2.45, 2.75) is 20.8 Å². The summed E-state index contributed by atoms with van der Waals surface area (Å²) >= 11 is 0. The Morgan fingerprint density at radius 3 is 1.80 bits per heavy atom. The summed E-state index contributed by atoms with van der Waals surface area (Å²) in [5.41, 5.74) is 3.33. The minimum absolute atomic E-state index is 0.115. The van der Waals surface area contributed by atoms with Crippen LogP contribution in [0.4, 0.5) is 0 Å². The van der Waals surface area contributed by atoms with Crippen molar-refractivity contribution in [1.82, 2.24) is 15.8 Å². The highest BCUT2D eigenvalue weighted by Gasteiger charge is 2.17. The molecule has 0 unspecified atom stereocenters. The first-order chi connectivity index (χ1) is 9.16. The molecular formula is C14H21N3O3. The molecule has 0 rings (SSSR count). The fourth-order valence-corrected chi connectivity index (χ4v) is 1.09. The van der Waals surface area contributed by atoms with Gasteiger partial charge in [-0.05, 0) is 20.8 Å². The molecule has 0 atom stereocenters. The summed E-state index contributed by atoms with van der Waals surface area (Å²) in [6.07, 6.45) is 0. The minimum atomic E-state index is -0.467. The molecule has 0 aromatic carbocycles. The van der Waals surface area contributed by atoms with Gasteiger partial charge in [-0.25, -0.2) is 5.01 Å². The van der Waals surface area contributed by atoms with Gasteiger partial charge in [-0.15, -0.1) is 0 Å². The lowest BCUT2D eigenvalue weighted by Crippen LogP contribution is -2.49. The van der Waals surface area contributed by atoms with E-state index in [2.05, 4.69) is 30.5 Å². The average Bonchev–Trinajstić information content (AvgIpc) is 2.35.